The third kappa shape index (κ3) is 6.78. The highest BCUT2D eigenvalue weighted by molar-refractivity contribution is 4.86. The lowest BCUT2D eigenvalue weighted by atomic mass is 9.97. The predicted molar refractivity (Wildman–Crippen MR) is 93.5 cm³/mol. The molecule has 0 aromatic carbocycles. The van der Waals surface area contributed by atoms with Crippen LogP contribution in [0.4, 0.5) is 0 Å². The minimum atomic E-state index is -1.04. The summed E-state index contributed by atoms with van der Waals surface area (Å²) in [6.45, 7) is 3.87. The number of unbranched alkanes of at least 4 members (excludes halogenated alkanes) is 4. The molecule has 24 heavy (non-hydrogen) atoms. The molecule has 0 spiro atoms. The van der Waals surface area contributed by atoms with E-state index in [1.165, 1.54) is 0 Å². The minimum absolute atomic E-state index is 0.0133. The monoisotopic (exact) mass is 348 g/mol. The van der Waals surface area contributed by atoms with Crippen molar-refractivity contribution in [3.63, 3.8) is 0 Å². The van der Waals surface area contributed by atoms with Crippen LogP contribution in [-0.2, 0) is 28.4 Å². The SMILES string of the molecule is C=CC(CCCCCCCC(OC)(OC)OC)C(OC)(OC)OC. The molecule has 0 saturated heterocycles. The van der Waals surface area contributed by atoms with Gasteiger partial charge in [0.1, 0.15) is 0 Å². The van der Waals surface area contributed by atoms with E-state index in [-0.39, 0.29) is 5.92 Å². The van der Waals surface area contributed by atoms with Gasteiger partial charge in [-0.1, -0.05) is 31.8 Å². The van der Waals surface area contributed by atoms with Crippen LogP contribution in [0.2, 0.25) is 0 Å². The molecule has 1 atom stereocenters. The molecular weight excluding hydrogens is 312 g/mol. The van der Waals surface area contributed by atoms with Crippen LogP contribution < -0.4 is 0 Å². The van der Waals surface area contributed by atoms with Gasteiger partial charge in [-0.05, 0) is 12.8 Å². The van der Waals surface area contributed by atoms with E-state index in [0.29, 0.717) is 6.42 Å². The average molecular weight is 348 g/mol. The highest BCUT2D eigenvalue weighted by Gasteiger charge is 2.37. The summed E-state index contributed by atoms with van der Waals surface area (Å²) < 4.78 is 32.1. The van der Waals surface area contributed by atoms with Crippen LogP contribution in [0.15, 0.2) is 12.7 Å². The summed E-state index contributed by atoms with van der Waals surface area (Å²) in [4.78, 5) is 0. The summed E-state index contributed by atoms with van der Waals surface area (Å²) in [6.07, 6.45) is 8.84. The standard InChI is InChI=1S/C18H36O6/c1-8-16(18(22-5,23-6)24-7)14-12-10-9-11-13-15-17(19-2,20-3)21-4/h8,16H,1,9-15H2,2-7H3. The average Bonchev–Trinajstić information content (AvgIpc) is 2.64. The Kier molecular flexibility index (Phi) is 12.5. The smallest absolute Gasteiger partial charge is 0.288 e. The highest BCUT2D eigenvalue weighted by atomic mass is 16.9. The molecule has 0 aliphatic heterocycles. The van der Waals surface area contributed by atoms with Gasteiger partial charge in [-0.2, -0.15) is 0 Å². The molecule has 0 aromatic rings. The number of hydrogen-bond acceptors (Lipinski definition) is 6. The second-order valence-electron chi connectivity index (χ2n) is 5.66. The van der Waals surface area contributed by atoms with Crippen LogP contribution in [0.5, 0.6) is 0 Å². The molecule has 1 unspecified atom stereocenters. The van der Waals surface area contributed by atoms with Gasteiger partial charge >= 0.3 is 0 Å². The lowest BCUT2D eigenvalue weighted by molar-refractivity contribution is -0.372. The van der Waals surface area contributed by atoms with Crippen LogP contribution in [0.3, 0.4) is 0 Å². The summed E-state index contributed by atoms with van der Waals surface area (Å²) >= 11 is 0. The zero-order chi connectivity index (χ0) is 18.5. The molecule has 0 radical (unpaired) electrons. The van der Waals surface area contributed by atoms with Gasteiger partial charge in [0.05, 0.1) is 5.92 Å². The van der Waals surface area contributed by atoms with E-state index < -0.39 is 11.9 Å². The van der Waals surface area contributed by atoms with Gasteiger partial charge < -0.3 is 28.4 Å². The first-order chi connectivity index (χ1) is 11.5. The molecule has 0 rings (SSSR count). The van der Waals surface area contributed by atoms with E-state index in [1.54, 1.807) is 42.7 Å². The number of methoxy groups -OCH3 is 6. The number of ether oxygens (including phenoxy) is 6. The van der Waals surface area contributed by atoms with Crippen molar-refractivity contribution in [3.05, 3.63) is 12.7 Å². The van der Waals surface area contributed by atoms with Gasteiger partial charge in [0.15, 0.2) is 0 Å². The Labute approximate surface area is 147 Å². The Balaban J connectivity index is 4.06. The van der Waals surface area contributed by atoms with Crippen molar-refractivity contribution < 1.29 is 28.4 Å². The summed E-state index contributed by atoms with van der Waals surface area (Å²) in [5, 5.41) is 0. The Bertz CT molecular complexity index is 296. The van der Waals surface area contributed by atoms with Gasteiger partial charge in [0.2, 0.25) is 0 Å². The molecule has 0 N–H and O–H groups in total. The lowest BCUT2D eigenvalue weighted by Gasteiger charge is -2.34. The second-order valence-corrected chi connectivity index (χ2v) is 5.66. The molecule has 0 fully saturated rings. The van der Waals surface area contributed by atoms with E-state index >= 15 is 0 Å². The lowest BCUT2D eigenvalue weighted by Crippen LogP contribution is -2.43. The van der Waals surface area contributed by atoms with Crippen molar-refractivity contribution >= 4 is 0 Å². The van der Waals surface area contributed by atoms with Gasteiger partial charge in [0, 0.05) is 49.1 Å². The van der Waals surface area contributed by atoms with Crippen LogP contribution in [0.1, 0.15) is 44.9 Å². The fourth-order valence-electron chi connectivity index (χ4n) is 2.94. The van der Waals surface area contributed by atoms with Crippen LogP contribution in [-0.4, -0.2) is 54.6 Å². The molecule has 144 valence electrons. The normalized spacial score (nSPS) is 13.9. The molecule has 0 heterocycles. The Morgan fingerprint density at radius 2 is 1.17 bits per heavy atom. The summed E-state index contributed by atoms with van der Waals surface area (Å²) in [7, 11) is 9.52. The Hall–Kier alpha value is -0.500. The van der Waals surface area contributed by atoms with Crippen LogP contribution >= 0.6 is 0 Å². The van der Waals surface area contributed by atoms with Gasteiger partial charge in [0.25, 0.3) is 11.9 Å². The van der Waals surface area contributed by atoms with Gasteiger partial charge in [-0.3, -0.25) is 0 Å². The van der Waals surface area contributed by atoms with Crippen molar-refractivity contribution in [3.8, 4) is 0 Å². The predicted octanol–water partition coefficient (Wildman–Crippen LogP) is 3.71. The van der Waals surface area contributed by atoms with Crippen molar-refractivity contribution in [1.29, 1.82) is 0 Å². The maximum atomic E-state index is 5.40. The van der Waals surface area contributed by atoms with E-state index in [1.807, 2.05) is 6.08 Å². The van der Waals surface area contributed by atoms with Crippen molar-refractivity contribution in [1.82, 2.24) is 0 Å². The molecule has 0 aliphatic rings. The Morgan fingerprint density at radius 1 is 0.708 bits per heavy atom. The maximum Gasteiger partial charge on any atom is 0.288 e. The minimum Gasteiger partial charge on any atom is -0.331 e. The fraction of sp³-hybridized carbons (Fsp3) is 0.889. The van der Waals surface area contributed by atoms with Crippen LogP contribution in [0, 0.1) is 5.92 Å². The number of hydrogen-bond donors (Lipinski definition) is 0. The molecule has 6 nitrogen and oxygen atoms in total. The molecular formula is C18H36O6. The van der Waals surface area contributed by atoms with E-state index in [4.69, 9.17) is 28.4 Å². The first kappa shape index (κ1) is 23.5. The third-order valence-corrected chi connectivity index (χ3v) is 4.52. The summed E-state index contributed by atoms with van der Waals surface area (Å²) in [5.74, 6) is -1.97. The van der Waals surface area contributed by atoms with Gasteiger partial charge in [-0.25, -0.2) is 0 Å². The quantitative estimate of drug-likeness (QED) is 0.241. The third-order valence-electron chi connectivity index (χ3n) is 4.52. The van der Waals surface area contributed by atoms with Crippen molar-refractivity contribution in [2.45, 2.75) is 56.9 Å². The maximum absolute atomic E-state index is 5.40. The van der Waals surface area contributed by atoms with E-state index in [9.17, 15) is 0 Å². The topological polar surface area (TPSA) is 55.4 Å². The number of rotatable bonds is 16. The van der Waals surface area contributed by atoms with E-state index in [0.717, 1.165) is 38.5 Å². The van der Waals surface area contributed by atoms with Gasteiger partial charge in [-0.15, -0.1) is 6.58 Å². The summed E-state index contributed by atoms with van der Waals surface area (Å²) in [5.41, 5.74) is 0. The largest absolute Gasteiger partial charge is 0.331 e. The van der Waals surface area contributed by atoms with Crippen LogP contribution in [0.25, 0.3) is 0 Å². The first-order valence-corrected chi connectivity index (χ1v) is 8.47. The molecule has 0 bridgehead atoms. The van der Waals surface area contributed by atoms with Crippen molar-refractivity contribution in [2.24, 2.45) is 5.92 Å². The fourth-order valence-corrected chi connectivity index (χ4v) is 2.94. The highest BCUT2D eigenvalue weighted by Crippen LogP contribution is 2.29. The molecule has 6 heteroatoms. The van der Waals surface area contributed by atoms with E-state index in [2.05, 4.69) is 6.58 Å². The molecule has 0 saturated carbocycles. The summed E-state index contributed by atoms with van der Waals surface area (Å²) in [6, 6.07) is 0. The van der Waals surface area contributed by atoms with Crippen molar-refractivity contribution in [2.75, 3.05) is 42.7 Å². The zero-order valence-corrected chi connectivity index (χ0v) is 16.3. The molecule has 0 aliphatic carbocycles. The zero-order valence-electron chi connectivity index (χ0n) is 16.3. The molecule has 0 aromatic heterocycles. The first-order valence-electron chi connectivity index (χ1n) is 8.47. The molecule has 0 amide bonds. The Morgan fingerprint density at radius 3 is 1.58 bits per heavy atom. The second kappa shape index (κ2) is 12.8.